The standard InChI is InChI=1S/C19H27N/c1-5-6-7-8-10-18-11-9-12-20(18)19-16(3)13-15(2)14-17(19)4/h9,11-14H,5-8,10H2,1-4H3. The predicted octanol–water partition coefficient (Wildman–Crippen LogP) is 5.53. The maximum Gasteiger partial charge on any atom is 0.0510 e. The molecule has 1 heteroatoms. The van der Waals surface area contributed by atoms with Crippen molar-refractivity contribution >= 4 is 0 Å². The van der Waals surface area contributed by atoms with Crippen molar-refractivity contribution in [2.24, 2.45) is 0 Å². The zero-order chi connectivity index (χ0) is 14.5. The quantitative estimate of drug-likeness (QED) is 0.608. The van der Waals surface area contributed by atoms with E-state index < -0.39 is 0 Å². The second-order valence-corrected chi connectivity index (χ2v) is 5.93. The van der Waals surface area contributed by atoms with Gasteiger partial charge in [0.25, 0.3) is 0 Å². The smallest absolute Gasteiger partial charge is 0.0510 e. The average molecular weight is 269 g/mol. The number of rotatable bonds is 6. The molecule has 20 heavy (non-hydrogen) atoms. The molecule has 1 nitrogen and oxygen atoms in total. The molecule has 0 saturated carbocycles. The van der Waals surface area contributed by atoms with Gasteiger partial charge in [-0.15, -0.1) is 0 Å². The fourth-order valence-electron chi connectivity index (χ4n) is 3.12. The van der Waals surface area contributed by atoms with Crippen molar-refractivity contribution in [3.8, 4) is 5.69 Å². The third-order valence-corrected chi connectivity index (χ3v) is 4.00. The number of unbranched alkanes of at least 4 members (excludes halogenated alkanes) is 3. The fraction of sp³-hybridized carbons (Fsp3) is 0.474. The van der Waals surface area contributed by atoms with E-state index in [1.807, 2.05) is 0 Å². The molecule has 0 aliphatic rings. The molecule has 0 aliphatic heterocycles. The Balaban J connectivity index is 2.24. The van der Waals surface area contributed by atoms with E-state index in [1.54, 1.807) is 0 Å². The summed E-state index contributed by atoms with van der Waals surface area (Å²) >= 11 is 0. The number of hydrogen-bond acceptors (Lipinski definition) is 0. The highest BCUT2D eigenvalue weighted by molar-refractivity contribution is 5.50. The monoisotopic (exact) mass is 269 g/mol. The molecule has 108 valence electrons. The molecular weight excluding hydrogens is 242 g/mol. The summed E-state index contributed by atoms with van der Waals surface area (Å²) in [4.78, 5) is 0. The second-order valence-electron chi connectivity index (χ2n) is 5.93. The highest BCUT2D eigenvalue weighted by Crippen LogP contribution is 2.23. The van der Waals surface area contributed by atoms with Gasteiger partial charge in [-0.05, 0) is 56.9 Å². The zero-order valence-electron chi connectivity index (χ0n) is 13.4. The SMILES string of the molecule is CCCCCCc1cccn1-c1c(C)cc(C)cc1C. The Morgan fingerprint density at radius 1 is 0.950 bits per heavy atom. The molecule has 1 aromatic carbocycles. The summed E-state index contributed by atoms with van der Waals surface area (Å²) in [5, 5.41) is 0. The molecule has 2 aromatic rings. The van der Waals surface area contributed by atoms with Crippen molar-refractivity contribution in [2.45, 2.75) is 59.8 Å². The zero-order valence-corrected chi connectivity index (χ0v) is 13.4. The first-order valence-corrected chi connectivity index (χ1v) is 7.88. The van der Waals surface area contributed by atoms with E-state index in [1.165, 1.54) is 60.2 Å². The lowest BCUT2D eigenvalue weighted by molar-refractivity contribution is 0.655. The summed E-state index contributed by atoms with van der Waals surface area (Å²) in [6.07, 6.45) is 8.68. The Labute approximate surface area is 123 Å². The minimum atomic E-state index is 1.18. The Morgan fingerprint density at radius 2 is 1.65 bits per heavy atom. The van der Waals surface area contributed by atoms with Crippen molar-refractivity contribution < 1.29 is 0 Å². The molecule has 0 saturated heterocycles. The molecule has 1 heterocycles. The van der Waals surface area contributed by atoms with Crippen molar-refractivity contribution in [2.75, 3.05) is 0 Å². The third-order valence-electron chi connectivity index (χ3n) is 4.00. The minimum Gasteiger partial charge on any atom is -0.320 e. The summed E-state index contributed by atoms with van der Waals surface area (Å²) in [7, 11) is 0. The first kappa shape index (κ1) is 14.9. The average Bonchev–Trinajstić information content (AvgIpc) is 2.82. The summed E-state index contributed by atoms with van der Waals surface area (Å²) in [6, 6.07) is 9.00. The lowest BCUT2D eigenvalue weighted by Crippen LogP contribution is -2.04. The largest absolute Gasteiger partial charge is 0.320 e. The Hall–Kier alpha value is -1.50. The lowest BCUT2D eigenvalue weighted by Gasteiger charge is -2.16. The van der Waals surface area contributed by atoms with Crippen LogP contribution in [0.25, 0.3) is 5.69 Å². The van der Waals surface area contributed by atoms with Gasteiger partial charge in [-0.25, -0.2) is 0 Å². The van der Waals surface area contributed by atoms with Gasteiger partial charge in [0.15, 0.2) is 0 Å². The van der Waals surface area contributed by atoms with Gasteiger partial charge in [0.1, 0.15) is 0 Å². The van der Waals surface area contributed by atoms with Crippen molar-refractivity contribution in [1.82, 2.24) is 4.57 Å². The van der Waals surface area contributed by atoms with Crippen molar-refractivity contribution in [3.63, 3.8) is 0 Å². The van der Waals surface area contributed by atoms with Gasteiger partial charge in [0.2, 0.25) is 0 Å². The molecule has 2 rings (SSSR count). The third kappa shape index (κ3) is 3.33. The van der Waals surface area contributed by atoms with E-state index in [2.05, 4.69) is 62.7 Å². The van der Waals surface area contributed by atoms with Crippen molar-refractivity contribution in [3.05, 3.63) is 52.8 Å². The number of aryl methyl sites for hydroxylation is 4. The van der Waals surface area contributed by atoms with E-state index in [-0.39, 0.29) is 0 Å². The van der Waals surface area contributed by atoms with Crippen LogP contribution in [0, 0.1) is 20.8 Å². The molecule has 1 aromatic heterocycles. The number of hydrogen-bond donors (Lipinski definition) is 0. The van der Waals surface area contributed by atoms with Crippen LogP contribution in [0.1, 0.15) is 55.0 Å². The van der Waals surface area contributed by atoms with Crippen LogP contribution in [0.2, 0.25) is 0 Å². The maximum absolute atomic E-state index is 2.38. The first-order valence-electron chi connectivity index (χ1n) is 7.88. The molecule has 0 unspecified atom stereocenters. The van der Waals surface area contributed by atoms with Crippen LogP contribution in [0.3, 0.4) is 0 Å². The highest BCUT2D eigenvalue weighted by atomic mass is 15.0. The molecule has 0 amide bonds. The second kappa shape index (κ2) is 6.78. The molecule has 0 N–H and O–H groups in total. The van der Waals surface area contributed by atoms with Gasteiger partial charge >= 0.3 is 0 Å². The van der Waals surface area contributed by atoms with Gasteiger partial charge in [-0.1, -0.05) is 43.9 Å². The van der Waals surface area contributed by atoms with E-state index in [4.69, 9.17) is 0 Å². The molecule has 0 atom stereocenters. The van der Waals surface area contributed by atoms with Gasteiger partial charge in [-0.2, -0.15) is 0 Å². The van der Waals surface area contributed by atoms with Crippen LogP contribution < -0.4 is 0 Å². The van der Waals surface area contributed by atoms with Gasteiger partial charge in [0.05, 0.1) is 5.69 Å². The van der Waals surface area contributed by atoms with Crippen LogP contribution in [0.4, 0.5) is 0 Å². The van der Waals surface area contributed by atoms with Crippen LogP contribution in [-0.4, -0.2) is 4.57 Å². The highest BCUT2D eigenvalue weighted by Gasteiger charge is 2.09. The van der Waals surface area contributed by atoms with Gasteiger partial charge in [-0.3, -0.25) is 0 Å². The Kier molecular flexibility index (Phi) is 5.05. The molecule has 0 bridgehead atoms. The Bertz CT molecular complexity index is 540. The molecule has 0 aliphatic carbocycles. The van der Waals surface area contributed by atoms with Crippen molar-refractivity contribution in [1.29, 1.82) is 0 Å². The van der Waals surface area contributed by atoms with Crippen LogP contribution >= 0.6 is 0 Å². The summed E-state index contributed by atoms with van der Waals surface area (Å²) in [6.45, 7) is 8.87. The summed E-state index contributed by atoms with van der Waals surface area (Å²) < 4.78 is 2.38. The minimum absolute atomic E-state index is 1.18. The number of benzene rings is 1. The summed E-state index contributed by atoms with van der Waals surface area (Å²) in [5.41, 5.74) is 6.89. The van der Waals surface area contributed by atoms with E-state index in [0.29, 0.717) is 0 Å². The van der Waals surface area contributed by atoms with Gasteiger partial charge < -0.3 is 4.57 Å². The lowest BCUT2D eigenvalue weighted by atomic mass is 10.0. The molecular formula is C19H27N. The molecule has 0 radical (unpaired) electrons. The molecule has 0 spiro atoms. The summed E-state index contributed by atoms with van der Waals surface area (Å²) in [5.74, 6) is 0. The topological polar surface area (TPSA) is 4.93 Å². The van der Waals surface area contributed by atoms with E-state index in [9.17, 15) is 0 Å². The predicted molar refractivity (Wildman–Crippen MR) is 87.8 cm³/mol. The number of aromatic nitrogens is 1. The Morgan fingerprint density at radius 3 is 2.30 bits per heavy atom. The first-order chi connectivity index (χ1) is 9.63. The van der Waals surface area contributed by atoms with Gasteiger partial charge in [0, 0.05) is 11.9 Å². The van der Waals surface area contributed by atoms with E-state index >= 15 is 0 Å². The molecule has 0 fully saturated rings. The van der Waals surface area contributed by atoms with E-state index in [0.717, 1.165) is 0 Å². The normalized spacial score (nSPS) is 11.0. The maximum atomic E-state index is 2.38. The van der Waals surface area contributed by atoms with Crippen LogP contribution in [-0.2, 0) is 6.42 Å². The fourth-order valence-corrected chi connectivity index (χ4v) is 3.12. The van der Waals surface area contributed by atoms with Crippen LogP contribution in [0.15, 0.2) is 30.5 Å². The van der Waals surface area contributed by atoms with Crippen LogP contribution in [0.5, 0.6) is 0 Å². The number of nitrogens with zero attached hydrogens (tertiary/aromatic N) is 1.